The van der Waals surface area contributed by atoms with E-state index in [-0.39, 0.29) is 24.5 Å². The van der Waals surface area contributed by atoms with Crippen LogP contribution in [-0.2, 0) is 4.79 Å². The van der Waals surface area contributed by atoms with Gasteiger partial charge in [0.2, 0.25) is 0 Å². The molecule has 1 aliphatic carbocycles. The molecule has 2 N–H and O–H groups in total. The number of para-hydroxylation sites is 1. The van der Waals surface area contributed by atoms with Gasteiger partial charge in [-0.1, -0.05) is 31.2 Å². The van der Waals surface area contributed by atoms with Crippen molar-refractivity contribution in [3.05, 3.63) is 60.2 Å². The number of amides is 1. The van der Waals surface area contributed by atoms with E-state index in [1.165, 1.54) is 0 Å². The summed E-state index contributed by atoms with van der Waals surface area (Å²) in [6, 6.07) is 16.8. The first-order chi connectivity index (χ1) is 13.0. The number of hydrogen-bond donors (Lipinski definition) is 2. The number of carboxylic acids is 1. The van der Waals surface area contributed by atoms with E-state index in [0.29, 0.717) is 17.9 Å². The second kappa shape index (κ2) is 8.68. The number of nitrogens with zero attached hydrogens (tertiary/aromatic N) is 1. The van der Waals surface area contributed by atoms with Gasteiger partial charge in [0.05, 0.1) is 6.54 Å². The van der Waals surface area contributed by atoms with Gasteiger partial charge >= 0.3 is 5.97 Å². The predicted octanol–water partition coefficient (Wildman–Crippen LogP) is 3.15. The number of nitrogens with one attached hydrogen (secondary N) is 1. The minimum atomic E-state index is -0.820. The van der Waals surface area contributed by atoms with Crippen LogP contribution in [0.3, 0.4) is 0 Å². The van der Waals surface area contributed by atoms with Crippen molar-refractivity contribution in [3.8, 4) is 11.5 Å². The number of ether oxygens (including phenoxy) is 1. The minimum absolute atomic E-state index is 0.0424. The van der Waals surface area contributed by atoms with Gasteiger partial charge in [-0.05, 0) is 49.7 Å². The van der Waals surface area contributed by atoms with Crippen LogP contribution in [0.4, 0.5) is 0 Å². The molecule has 142 valence electrons. The number of hydrogen-bond acceptors (Lipinski definition) is 4. The highest BCUT2D eigenvalue weighted by molar-refractivity contribution is 5.94. The Bertz CT molecular complexity index is 788. The molecule has 0 aromatic heterocycles. The fourth-order valence-electron chi connectivity index (χ4n) is 3.27. The second-order valence-corrected chi connectivity index (χ2v) is 6.70. The molecule has 3 rings (SSSR count). The van der Waals surface area contributed by atoms with Gasteiger partial charge in [-0.2, -0.15) is 0 Å². The quantitative estimate of drug-likeness (QED) is 0.748. The first-order valence-corrected chi connectivity index (χ1v) is 9.15. The molecular formula is C21H24N2O4. The van der Waals surface area contributed by atoms with Crippen LogP contribution >= 0.6 is 0 Å². The number of rotatable bonds is 8. The van der Waals surface area contributed by atoms with Gasteiger partial charge in [0, 0.05) is 17.6 Å². The SMILES string of the molecule is CCN(CC(=O)O)C1CC(NC(=O)c2cccc(Oc3ccccc3)c2)C1. The monoisotopic (exact) mass is 368 g/mol. The Morgan fingerprint density at radius 2 is 1.81 bits per heavy atom. The maximum Gasteiger partial charge on any atom is 0.317 e. The Balaban J connectivity index is 1.53. The first kappa shape index (κ1) is 18.9. The van der Waals surface area contributed by atoms with E-state index in [1.54, 1.807) is 18.2 Å². The predicted molar refractivity (Wildman–Crippen MR) is 102 cm³/mol. The number of carbonyl (C=O) groups excluding carboxylic acids is 1. The van der Waals surface area contributed by atoms with Crippen LogP contribution in [0.25, 0.3) is 0 Å². The highest BCUT2D eigenvalue weighted by Gasteiger charge is 2.34. The number of carbonyl (C=O) groups is 2. The third-order valence-electron chi connectivity index (χ3n) is 4.78. The van der Waals surface area contributed by atoms with E-state index in [4.69, 9.17) is 9.84 Å². The summed E-state index contributed by atoms with van der Waals surface area (Å²) in [5, 5.41) is 12.0. The van der Waals surface area contributed by atoms with Crippen molar-refractivity contribution in [2.24, 2.45) is 0 Å². The summed E-state index contributed by atoms with van der Waals surface area (Å²) in [4.78, 5) is 25.3. The molecule has 1 fully saturated rings. The van der Waals surface area contributed by atoms with Crippen LogP contribution in [-0.4, -0.2) is 47.1 Å². The molecule has 0 atom stereocenters. The van der Waals surface area contributed by atoms with Gasteiger partial charge in [-0.25, -0.2) is 0 Å². The number of benzene rings is 2. The van der Waals surface area contributed by atoms with Crippen LogP contribution in [0.5, 0.6) is 11.5 Å². The average Bonchev–Trinajstić information content (AvgIpc) is 2.63. The third kappa shape index (κ3) is 5.08. The van der Waals surface area contributed by atoms with Crippen molar-refractivity contribution < 1.29 is 19.4 Å². The molecule has 1 saturated carbocycles. The van der Waals surface area contributed by atoms with Gasteiger partial charge in [-0.3, -0.25) is 14.5 Å². The summed E-state index contributed by atoms with van der Waals surface area (Å²) in [5.74, 6) is 0.367. The zero-order valence-electron chi connectivity index (χ0n) is 15.3. The van der Waals surface area contributed by atoms with Crippen molar-refractivity contribution in [1.29, 1.82) is 0 Å². The van der Waals surface area contributed by atoms with E-state index in [9.17, 15) is 9.59 Å². The molecular weight excluding hydrogens is 344 g/mol. The normalized spacial score (nSPS) is 18.6. The summed E-state index contributed by atoms with van der Waals surface area (Å²) < 4.78 is 5.77. The first-order valence-electron chi connectivity index (χ1n) is 9.15. The molecule has 0 aliphatic heterocycles. The molecule has 27 heavy (non-hydrogen) atoms. The average molecular weight is 368 g/mol. The fraction of sp³-hybridized carbons (Fsp3) is 0.333. The van der Waals surface area contributed by atoms with Crippen molar-refractivity contribution >= 4 is 11.9 Å². The molecule has 0 saturated heterocycles. The summed E-state index contributed by atoms with van der Waals surface area (Å²) in [6.45, 7) is 2.68. The molecule has 6 heteroatoms. The van der Waals surface area contributed by atoms with Crippen LogP contribution in [0.1, 0.15) is 30.1 Å². The maximum atomic E-state index is 12.5. The number of carboxylic acid groups (broad SMARTS) is 1. The summed E-state index contributed by atoms with van der Waals surface area (Å²) >= 11 is 0. The lowest BCUT2D eigenvalue weighted by atomic mass is 9.85. The highest BCUT2D eigenvalue weighted by Crippen LogP contribution is 2.26. The summed E-state index contributed by atoms with van der Waals surface area (Å²) in [7, 11) is 0. The molecule has 0 radical (unpaired) electrons. The van der Waals surface area contributed by atoms with Gasteiger partial charge in [0.15, 0.2) is 0 Å². The molecule has 0 bridgehead atoms. The number of aliphatic carboxylic acids is 1. The molecule has 2 aromatic carbocycles. The van der Waals surface area contributed by atoms with Crippen molar-refractivity contribution in [2.75, 3.05) is 13.1 Å². The maximum absolute atomic E-state index is 12.5. The molecule has 0 heterocycles. The third-order valence-corrected chi connectivity index (χ3v) is 4.78. The van der Waals surface area contributed by atoms with Crippen molar-refractivity contribution in [3.63, 3.8) is 0 Å². The van der Waals surface area contributed by atoms with Gasteiger partial charge in [0.25, 0.3) is 5.91 Å². The summed E-state index contributed by atoms with van der Waals surface area (Å²) in [6.07, 6.45) is 1.54. The van der Waals surface area contributed by atoms with Crippen LogP contribution in [0.2, 0.25) is 0 Å². The van der Waals surface area contributed by atoms with E-state index in [2.05, 4.69) is 5.32 Å². The van der Waals surface area contributed by atoms with E-state index < -0.39 is 5.97 Å². The Morgan fingerprint density at radius 1 is 1.11 bits per heavy atom. The van der Waals surface area contributed by atoms with Gasteiger partial charge in [-0.15, -0.1) is 0 Å². The second-order valence-electron chi connectivity index (χ2n) is 6.70. The lowest BCUT2D eigenvalue weighted by Gasteiger charge is -2.42. The Labute approximate surface area is 158 Å². The topological polar surface area (TPSA) is 78.9 Å². The zero-order valence-corrected chi connectivity index (χ0v) is 15.3. The lowest BCUT2D eigenvalue weighted by Crippen LogP contribution is -2.54. The molecule has 0 unspecified atom stereocenters. The number of likely N-dealkylation sites (N-methyl/N-ethyl adjacent to an activating group) is 1. The molecule has 0 spiro atoms. The molecule has 1 amide bonds. The largest absolute Gasteiger partial charge is 0.480 e. The Morgan fingerprint density at radius 3 is 2.48 bits per heavy atom. The fourth-order valence-corrected chi connectivity index (χ4v) is 3.27. The van der Waals surface area contributed by atoms with Crippen LogP contribution in [0, 0.1) is 0 Å². The molecule has 2 aromatic rings. The Hall–Kier alpha value is -2.86. The van der Waals surface area contributed by atoms with E-state index in [1.807, 2.05) is 48.2 Å². The molecule has 6 nitrogen and oxygen atoms in total. The van der Waals surface area contributed by atoms with E-state index >= 15 is 0 Å². The van der Waals surface area contributed by atoms with Crippen LogP contribution < -0.4 is 10.1 Å². The lowest BCUT2D eigenvalue weighted by molar-refractivity contribution is -0.139. The van der Waals surface area contributed by atoms with Crippen molar-refractivity contribution in [1.82, 2.24) is 10.2 Å². The smallest absolute Gasteiger partial charge is 0.317 e. The van der Waals surface area contributed by atoms with Gasteiger partial charge < -0.3 is 15.2 Å². The minimum Gasteiger partial charge on any atom is -0.480 e. The zero-order chi connectivity index (χ0) is 19.2. The van der Waals surface area contributed by atoms with E-state index in [0.717, 1.165) is 18.6 Å². The highest BCUT2D eigenvalue weighted by atomic mass is 16.5. The van der Waals surface area contributed by atoms with Gasteiger partial charge in [0.1, 0.15) is 11.5 Å². The standard InChI is InChI=1S/C21H24N2O4/c1-2-23(14-20(24)25)17-12-16(13-17)22-21(26)15-7-6-10-19(11-15)27-18-8-4-3-5-9-18/h3-11,16-17H,2,12-14H2,1H3,(H,22,26)(H,24,25). The Kier molecular flexibility index (Phi) is 6.08. The molecule has 1 aliphatic rings. The summed E-state index contributed by atoms with van der Waals surface area (Å²) in [5.41, 5.74) is 0.546. The van der Waals surface area contributed by atoms with Crippen LogP contribution in [0.15, 0.2) is 54.6 Å². The van der Waals surface area contributed by atoms with Crippen molar-refractivity contribution in [2.45, 2.75) is 31.8 Å².